The van der Waals surface area contributed by atoms with Gasteiger partial charge in [0.15, 0.2) is 16.6 Å². The number of carbonyl (C=O) groups is 1. The van der Waals surface area contributed by atoms with Crippen LogP contribution in [0.4, 0.5) is 0 Å². The number of H-pyrrole nitrogens is 1. The van der Waals surface area contributed by atoms with Crippen LogP contribution in [0.3, 0.4) is 0 Å². The first kappa shape index (κ1) is 20.2. The van der Waals surface area contributed by atoms with Crippen LogP contribution in [-0.2, 0) is 4.79 Å². The van der Waals surface area contributed by atoms with Crippen molar-refractivity contribution in [3.8, 4) is 17.1 Å². The Bertz CT molecular complexity index is 1280. The van der Waals surface area contributed by atoms with E-state index in [4.69, 9.17) is 16.3 Å². The molecule has 0 unspecified atom stereocenters. The Morgan fingerprint density at radius 1 is 1.13 bits per heavy atom. The molecular weight excluding hydrogens is 424 g/mol. The summed E-state index contributed by atoms with van der Waals surface area (Å²) in [4.78, 5) is 33.2. The summed E-state index contributed by atoms with van der Waals surface area (Å²) in [6.07, 6.45) is 0. The van der Waals surface area contributed by atoms with Gasteiger partial charge in [-0.2, -0.15) is 0 Å². The number of carbonyl (C=O) groups excluding carboxylic acids is 1. The normalized spacial score (nSPS) is 11.0. The lowest BCUT2D eigenvalue weighted by Gasteiger charge is -2.10. The van der Waals surface area contributed by atoms with Gasteiger partial charge in [0.25, 0.3) is 5.56 Å². The molecule has 0 aliphatic carbocycles. The van der Waals surface area contributed by atoms with Gasteiger partial charge in [-0.05, 0) is 49.2 Å². The van der Waals surface area contributed by atoms with Gasteiger partial charge in [-0.1, -0.05) is 41.6 Å². The maximum Gasteiger partial charge on any atom is 0.321 e. The summed E-state index contributed by atoms with van der Waals surface area (Å²) < 4.78 is 7.00. The summed E-state index contributed by atoms with van der Waals surface area (Å²) in [5.41, 5.74) is 2.62. The van der Waals surface area contributed by atoms with Crippen molar-refractivity contribution in [2.45, 2.75) is 19.0 Å². The number of hydrogen-bond donors (Lipinski definition) is 1. The average Bonchev–Trinajstić information content (AvgIpc) is 3.10. The third-order valence-corrected chi connectivity index (χ3v) is 5.53. The molecule has 1 N–H and O–H groups in total. The molecule has 0 amide bonds. The number of thioether (sulfide) groups is 1. The third kappa shape index (κ3) is 4.24. The van der Waals surface area contributed by atoms with Crippen molar-refractivity contribution in [1.29, 1.82) is 0 Å². The van der Waals surface area contributed by atoms with Gasteiger partial charge in [0.2, 0.25) is 0 Å². The Hall–Kier alpha value is -3.10. The van der Waals surface area contributed by atoms with Crippen LogP contribution >= 0.6 is 23.4 Å². The fraction of sp³-hybridized carbons (Fsp3) is 0.143. The number of hydrogen-bond acceptors (Lipinski definition) is 6. The highest BCUT2D eigenvalue weighted by Crippen LogP contribution is 2.25. The minimum absolute atomic E-state index is 0.0140. The SMILES string of the molecule is Cc1cccc(C)c1OC(=O)CSc1nc(-c2ccc(Cl)cc2)nc2cc(=O)[nH]n12. The Balaban J connectivity index is 1.61. The van der Waals surface area contributed by atoms with Crippen LogP contribution < -0.4 is 10.3 Å². The van der Waals surface area contributed by atoms with E-state index in [-0.39, 0.29) is 11.3 Å². The Labute approximate surface area is 181 Å². The highest BCUT2D eigenvalue weighted by molar-refractivity contribution is 7.99. The van der Waals surface area contributed by atoms with Gasteiger partial charge in [0, 0.05) is 16.7 Å². The number of rotatable bonds is 5. The van der Waals surface area contributed by atoms with Gasteiger partial charge in [0.1, 0.15) is 5.75 Å². The first-order chi connectivity index (χ1) is 14.4. The number of aryl methyl sites for hydroxylation is 2. The van der Waals surface area contributed by atoms with Crippen molar-refractivity contribution < 1.29 is 9.53 Å². The van der Waals surface area contributed by atoms with E-state index in [1.165, 1.54) is 10.6 Å². The summed E-state index contributed by atoms with van der Waals surface area (Å²) in [5, 5.41) is 3.67. The van der Waals surface area contributed by atoms with Crippen LogP contribution in [-0.4, -0.2) is 31.3 Å². The molecule has 0 bridgehead atoms. The second-order valence-electron chi connectivity index (χ2n) is 6.63. The van der Waals surface area contributed by atoms with Gasteiger partial charge in [-0.25, -0.2) is 14.5 Å². The van der Waals surface area contributed by atoms with Gasteiger partial charge >= 0.3 is 5.97 Å². The monoisotopic (exact) mass is 440 g/mol. The smallest absolute Gasteiger partial charge is 0.321 e. The van der Waals surface area contributed by atoms with E-state index in [0.717, 1.165) is 28.5 Å². The van der Waals surface area contributed by atoms with Gasteiger partial charge < -0.3 is 4.74 Å². The van der Waals surface area contributed by atoms with Crippen molar-refractivity contribution in [2.24, 2.45) is 0 Å². The zero-order valence-electron chi connectivity index (χ0n) is 16.2. The van der Waals surface area contributed by atoms with Crippen molar-refractivity contribution in [1.82, 2.24) is 19.6 Å². The number of nitrogens with one attached hydrogen (secondary N) is 1. The molecule has 2 heterocycles. The molecule has 0 saturated heterocycles. The second kappa shape index (κ2) is 8.33. The van der Waals surface area contributed by atoms with E-state index in [2.05, 4.69) is 15.1 Å². The summed E-state index contributed by atoms with van der Waals surface area (Å²) >= 11 is 7.11. The van der Waals surface area contributed by atoms with E-state index in [9.17, 15) is 9.59 Å². The molecule has 4 aromatic rings. The number of benzene rings is 2. The Kier molecular flexibility index (Phi) is 5.61. The number of nitrogens with zero attached hydrogens (tertiary/aromatic N) is 3. The molecule has 9 heteroatoms. The molecule has 0 radical (unpaired) electrons. The molecule has 0 atom stereocenters. The number of esters is 1. The fourth-order valence-corrected chi connectivity index (χ4v) is 3.79. The molecule has 0 spiro atoms. The topological polar surface area (TPSA) is 89.3 Å². The summed E-state index contributed by atoms with van der Waals surface area (Å²) in [7, 11) is 0. The van der Waals surface area contributed by atoms with Crippen molar-refractivity contribution in [2.75, 3.05) is 5.75 Å². The average molecular weight is 441 g/mol. The number of ether oxygens (including phenoxy) is 1. The number of aromatic amines is 1. The predicted octanol–water partition coefficient (Wildman–Crippen LogP) is 4.05. The molecular formula is C21H17ClN4O3S. The molecule has 30 heavy (non-hydrogen) atoms. The lowest BCUT2D eigenvalue weighted by atomic mass is 10.1. The lowest BCUT2D eigenvalue weighted by molar-refractivity contribution is -0.131. The molecule has 0 aliphatic rings. The maximum atomic E-state index is 12.4. The highest BCUT2D eigenvalue weighted by Gasteiger charge is 2.15. The van der Waals surface area contributed by atoms with Crippen molar-refractivity contribution in [3.63, 3.8) is 0 Å². The minimum atomic E-state index is -0.410. The highest BCUT2D eigenvalue weighted by atomic mass is 35.5. The predicted molar refractivity (Wildman–Crippen MR) is 116 cm³/mol. The van der Waals surface area contributed by atoms with Gasteiger partial charge in [-0.3, -0.25) is 14.7 Å². The van der Waals surface area contributed by atoms with Crippen LogP contribution in [0, 0.1) is 13.8 Å². The largest absolute Gasteiger partial charge is 0.425 e. The molecule has 7 nitrogen and oxygen atoms in total. The van der Waals surface area contributed by atoms with Crippen LogP contribution in [0.15, 0.2) is 58.5 Å². The van der Waals surface area contributed by atoms with E-state index in [0.29, 0.717) is 27.4 Å². The molecule has 2 aromatic carbocycles. The number of aromatic nitrogens is 4. The van der Waals surface area contributed by atoms with E-state index < -0.39 is 5.97 Å². The number of halogens is 1. The summed E-state index contributed by atoms with van der Waals surface area (Å²) in [6, 6.07) is 14.1. The first-order valence-corrected chi connectivity index (χ1v) is 10.4. The summed E-state index contributed by atoms with van der Waals surface area (Å²) in [6.45, 7) is 3.78. The molecule has 0 aliphatic heterocycles. The van der Waals surface area contributed by atoms with Gasteiger partial charge in [0.05, 0.1) is 5.75 Å². The zero-order valence-corrected chi connectivity index (χ0v) is 17.8. The second-order valence-corrected chi connectivity index (χ2v) is 8.01. The van der Waals surface area contributed by atoms with Crippen LogP contribution in [0.1, 0.15) is 11.1 Å². The zero-order chi connectivity index (χ0) is 21.3. The molecule has 0 fully saturated rings. The first-order valence-electron chi connectivity index (χ1n) is 9.06. The number of fused-ring (bicyclic) bond motifs is 1. The van der Waals surface area contributed by atoms with Crippen molar-refractivity contribution in [3.05, 3.63) is 75.0 Å². The van der Waals surface area contributed by atoms with Crippen LogP contribution in [0.25, 0.3) is 17.0 Å². The molecule has 152 valence electrons. The fourth-order valence-electron chi connectivity index (χ4n) is 2.94. The molecule has 2 aromatic heterocycles. The summed E-state index contributed by atoms with van der Waals surface area (Å²) in [5.74, 6) is 0.593. The Morgan fingerprint density at radius 3 is 2.53 bits per heavy atom. The van der Waals surface area contributed by atoms with Gasteiger partial charge in [-0.15, -0.1) is 0 Å². The maximum absolute atomic E-state index is 12.4. The van der Waals surface area contributed by atoms with E-state index in [1.807, 2.05) is 32.0 Å². The Morgan fingerprint density at radius 2 is 1.83 bits per heavy atom. The lowest BCUT2D eigenvalue weighted by Crippen LogP contribution is -2.13. The number of para-hydroxylation sites is 1. The van der Waals surface area contributed by atoms with Crippen molar-refractivity contribution >= 4 is 35.0 Å². The van der Waals surface area contributed by atoms with E-state index >= 15 is 0 Å². The quantitative estimate of drug-likeness (QED) is 0.286. The van der Waals surface area contributed by atoms with E-state index in [1.54, 1.807) is 24.3 Å². The third-order valence-electron chi connectivity index (χ3n) is 4.37. The van der Waals surface area contributed by atoms with Crippen LogP contribution in [0.2, 0.25) is 5.02 Å². The standard InChI is InChI=1S/C21H17ClN4O3S/c1-12-4-3-5-13(2)19(12)29-18(28)11-30-21-24-20(14-6-8-15(22)9-7-14)23-16-10-17(27)25-26(16)21/h3-10H,11H2,1-2H3,(H,25,27). The minimum Gasteiger partial charge on any atom is -0.425 e. The molecule has 4 rings (SSSR count). The molecule has 0 saturated carbocycles. The van der Waals surface area contributed by atoms with Crippen LogP contribution in [0.5, 0.6) is 5.75 Å².